The molecule has 8 heteroatoms. The lowest BCUT2D eigenvalue weighted by Crippen LogP contribution is -2.47. The van der Waals surface area contributed by atoms with Crippen LogP contribution in [-0.2, 0) is 0 Å². The predicted molar refractivity (Wildman–Crippen MR) is 150 cm³/mol. The van der Waals surface area contributed by atoms with Gasteiger partial charge < -0.3 is 25.2 Å². The Kier molecular flexibility index (Phi) is 8.56. The SMILES string of the molecule is CCC(C)NC(=O)c1cc(NC(=O)c2ccc(Cl)cc2)ccc1N1CCN(c2ccccc2OC)CC1. The Morgan fingerprint density at radius 2 is 1.57 bits per heavy atom. The van der Waals surface area contributed by atoms with Crippen molar-refractivity contribution in [2.24, 2.45) is 0 Å². The van der Waals surface area contributed by atoms with Crippen LogP contribution in [0.5, 0.6) is 5.75 Å². The van der Waals surface area contributed by atoms with Gasteiger partial charge in [0, 0.05) is 54.2 Å². The topological polar surface area (TPSA) is 73.9 Å². The third-order valence-electron chi connectivity index (χ3n) is 6.64. The van der Waals surface area contributed by atoms with Gasteiger partial charge in [-0.05, 0) is 67.9 Å². The number of hydrogen-bond acceptors (Lipinski definition) is 5. The molecule has 1 heterocycles. The molecule has 0 aromatic heterocycles. The molecule has 0 aliphatic carbocycles. The van der Waals surface area contributed by atoms with Crippen LogP contribution >= 0.6 is 11.6 Å². The predicted octanol–water partition coefficient (Wildman–Crippen LogP) is 5.46. The van der Waals surface area contributed by atoms with Crippen LogP contribution < -0.4 is 25.2 Å². The summed E-state index contributed by atoms with van der Waals surface area (Å²) in [5.41, 5.74) is 3.52. The summed E-state index contributed by atoms with van der Waals surface area (Å²) in [6.45, 7) is 7.10. The smallest absolute Gasteiger partial charge is 0.255 e. The van der Waals surface area contributed by atoms with Crippen molar-refractivity contribution in [3.05, 3.63) is 82.9 Å². The number of methoxy groups -OCH3 is 1. The molecule has 194 valence electrons. The summed E-state index contributed by atoms with van der Waals surface area (Å²) in [4.78, 5) is 30.6. The first-order valence-electron chi connectivity index (χ1n) is 12.5. The van der Waals surface area contributed by atoms with E-state index >= 15 is 0 Å². The first-order valence-corrected chi connectivity index (χ1v) is 12.9. The van der Waals surface area contributed by atoms with Crippen molar-refractivity contribution in [1.29, 1.82) is 0 Å². The van der Waals surface area contributed by atoms with E-state index in [9.17, 15) is 9.59 Å². The minimum Gasteiger partial charge on any atom is -0.495 e. The first kappa shape index (κ1) is 26.4. The number of carbonyl (C=O) groups excluding carboxylic acids is 2. The Hall–Kier alpha value is -3.71. The summed E-state index contributed by atoms with van der Waals surface area (Å²) in [6, 6.07) is 20.3. The molecule has 37 heavy (non-hydrogen) atoms. The second kappa shape index (κ2) is 12.0. The minimum absolute atomic E-state index is 0.0371. The first-order chi connectivity index (χ1) is 17.9. The van der Waals surface area contributed by atoms with Gasteiger partial charge in [-0.15, -0.1) is 0 Å². The van der Waals surface area contributed by atoms with E-state index in [1.807, 2.05) is 44.2 Å². The Balaban J connectivity index is 1.55. The molecule has 3 aromatic rings. The van der Waals surface area contributed by atoms with Crippen LogP contribution in [0.25, 0.3) is 0 Å². The second-order valence-corrected chi connectivity index (χ2v) is 9.56. The van der Waals surface area contributed by atoms with Crippen molar-refractivity contribution in [3.63, 3.8) is 0 Å². The Labute approximate surface area is 223 Å². The number of ether oxygens (including phenoxy) is 1. The Morgan fingerprint density at radius 3 is 2.22 bits per heavy atom. The van der Waals surface area contributed by atoms with Crippen molar-refractivity contribution in [1.82, 2.24) is 5.32 Å². The maximum atomic E-state index is 13.3. The molecule has 1 aliphatic rings. The number of halogens is 1. The van der Waals surface area contributed by atoms with Crippen molar-refractivity contribution >= 4 is 40.5 Å². The number of benzene rings is 3. The lowest BCUT2D eigenvalue weighted by molar-refractivity contribution is 0.0938. The minimum atomic E-state index is -0.261. The summed E-state index contributed by atoms with van der Waals surface area (Å²) in [7, 11) is 1.69. The van der Waals surface area contributed by atoms with Crippen LogP contribution in [-0.4, -0.2) is 51.1 Å². The van der Waals surface area contributed by atoms with Gasteiger partial charge >= 0.3 is 0 Å². The van der Waals surface area contributed by atoms with Gasteiger partial charge in [0.05, 0.1) is 18.4 Å². The van der Waals surface area contributed by atoms with Crippen LogP contribution in [0.4, 0.5) is 17.1 Å². The summed E-state index contributed by atoms with van der Waals surface area (Å²) in [6.07, 6.45) is 0.825. The highest BCUT2D eigenvalue weighted by molar-refractivity contribution is 6.30. The fourth-order valence-electron chi connectivity index (χ4n) is 4.36. The van der Waals surface area contributed by atoms with Crippen LogP contribution in [0.3, 0.4) is 0 Å². The Morgan fingerprint density at radius 1 is 0.919 bits per heavy atom. The third kappa shape index (κ3) is 6.35. The number of nitrogens with zero attached hydrogens (tertiary/aromatic N) is 2. The van der Waals surface area contributed by atoms with Crippen molar-refractivity contribution < 1.29 is 14.3 Å². The molecule has 7 nitrogen and oxygen atoms in total. The fraction of sp³-hybridized carbons (Fsp3) is 0.310. The van der Waals surface area contributed by atoms with Gasteiger partial charge in [-0.2, -0.15) is 0 Å². The van der Waals surface area contributed by atoms with Crippen LogP contribution in [0.2, 0.25) is 5.02 Å². The number of amides is 2. The molecule has 0 radical (unpaired) electrons. The highest BCUT2D eigenvalue weighted by atomic mass is 35.5. The number of para-hydroxylation sites is 2. The molecule has 2 amide bonds. The van der Waals surface area contributed by atoms with Crippen molar-refractivity contribution in [2.75, 3.05) is 48.4 Å². The van der Waals surface area contributed by atoms with E-state index in [-0.39, 0.29) is 17.9 Å². The van der Waals surface area contributed by atoms with Crippen LogP contribution in [0.15, 0.2) is 66.7 Å². The van der Waals surface area contributed by atoms with E-state index in [1.54, 1.807) is 37.4 Å². The zero-order chi connectivity index (χ0) is 26.4. The standard InChI is InChI=1S/C29H33ClN4O3/c1-4-20(2)31-29(36)24-19-23(32-28(35)21-9-11-22(30)12-10-21)13-14-25(24)33-15-17-34(18-16-33)26-7-5-6-8-27(26)37-3/h5-14,19-20H,4,15-18H2,1-3H3,(H,31,36)(H,32,35). The molecule has 1 atom stereocenters. The van der Waals surface area contributed by atoms with Crippen molar-refractivity contribution in [2.45, 2.75) is 26.3 Å². The average Bonchev–Trinajstić information content (AvgIpc) is 2.93. The monoisotopic (exact) mass is 520 g/mol. The molecule has 3 aromatic carbocycles. The molecule has 0 spiro atoms. The van der Waals surface area contributed by atoms with Crippen molar-refractivity contribution in [3.8, 4) is 5.75 Å². The zero-order valence-corrected chi connectivity index (χ0v) is 22.2. The number of hydrogen-bond donors (Lipinski definition) is 2. The molecule has 0 bridgehead atoms. The quantitative estimate of drug-likeness (QED) is 0.413. The molecule has 1 aliphatic heterocycles. The van der Waals surface area contributed by atoms with Gasteiger partial charge in [-0.25, -0.2) is 0 Å². The number of rotatable bonds is 8. The largest absolute Gasteiger partial charge is 0.495 e. The van der Waals surface area contributed by atoms with Gasteiger partial charge in [0.15, 0.2) is 0 Å². The second-order valence-electron chi connectivity index (χ2n) is 9.12. The summed E-state index contributed by atoms with van der Waals surface area (Å²) in [5, 5.41) is 6.55. The zero-order valence-electron chi connectivity index (χ0n) is 21.5. The van der Waals surface area contributed by atoms with E-state index in [4.69, 9.17) is 16.3 Å². The van der Waals surface area contributed by atoms with E-state index in [2.05, 4.69) is 26.5 Å². The lowest BCUT2D eigenvalue weighted by atomic mass is 10.1. The average molecular weight is 521 g/mol. The van der Waals surface area contributed by atoms with Gasteiger partial charge in [-0.3, -0.25) is 9.59 Å². The van der Waals surface area contributed by atoms with E-state index in [0.29, 0.717) is 21.8 Å². The summed E-state index contributed by atoms with van der Waals surface area (Å²) < 4.78 is 5.54. The Bertz CT molecular complexity index is 1240. The number of carbonyl (C=O) groups is 2. The highest BCUT2D eigenvalue weighted by Crippen LogP contribution is 2.31. The molecular weight excluding hydrogens is 488 g/mol. The van der Waals surface area contributed by atoms with E-state index in [0.717, 1.165) is 49.7 Å². The third-order valence-corrected chi connectivity index (χ3v) is 6.89. The normalized spacial score (nSPS) is 14.2. The molecular formula is C29H33ClN4O3. The molecule has 0 saturated carbocycles. The van der Waals surface area contributed by atoms with Crippen LogP contribution in [0.1, 0.15) is 41.0 Å². The maximum absolute atomic E-state index is 13.3. The van der Waals surface area contributed by atoms with Gasteiger partial charge in [0.25, 0.3) is 11.8 Å². The molecule has 1 fully saturated rings. The summed E-state index contributed by atoms with van der Waals surface area (Å²) in [5.74, 6) is 0.438. The van der Waals surface area contributed by atoms with Crippen LogP contribution in [0, 0.1) is 0 Å². The molecule has 1 saturated heterocycles. The maximum Gasteiger partial charge on any atom is 0.255 e. The number of nitrogens with one attached hydrogen (secondary N) is 2. The van der Waals surface area contributed by atoms with Gasteiger partial charge in [0.1, 0.15) is 5.75 Å². The van der Waals surface area contributed by atoms with E-state index in [1.165, 1.54) is 0 Å². The number of piperazine rings is 1. The summed E-state index contributed by atoms with van der Waals surface area (Å²) >= 11 is 5.95. The fourth-order valence-corrected chi connectivity index (χ4v) is 4.48. The molecule has 1 unspecified atom stereocenters. The number of anilines is 3. The molecule has 4 rings (SSSR count). The highest BCUT2D eigenvalue weighted by Gasteiger charge is 2.24. The molecule has 2 N–H and O–H groups in total. The lowest BCUT2D eigenvalue weighted by Gasteiger charge is -2.38. The van der Waals surface area contributed by atoms with Gasteiger partial charge in [0.2, 0.25) is 0 Å². The van der Waals surface area contributed by atoms with E-state index < -0.39 is 0 Å². The van der Waals surface area contributed by atoms with Gasteiger partial charge in [-0.1, -0.05) is 30.7 Å².